The Kier molecular flexibility index (Phi) is 2.10. The van der Waals surface area contributed by atoms with Crippen molar-refractivity contribution in [2.45, 2.75) is 12.8 Å². The van der Waals surface area contributed by atoms with Crippen LogP contribution in [0.25, 0.3) is 11.6 Å². The summed E-state index contributed by atoms with van der Waals surface area (Å²) < 4.78 is 5.27. The van der Waals surface area contributed by atoms with E-state index in [-0.39, 0.29) is 0 Å². The van der Waals surface area contributed by atoms with Crippen molar-refractivity contribution >= 4 is 11.6 Å². The number of halogens is 1. The molecule has 0 aliphatic heterocycles. The number of aromatic amines is 1. The maximum Gasteiger partial charge on any atom is 0.174 e. The van der Waals surface area contributed by atoms with Crippen molar-refractivity contribution in [3.05, 3.63) is 29.8 Å². The standard InChI is InChI=1S/C9H9ClN2O/c1-6-2-3-13-8(6)9-11-5-7(4-10)12-9/h2-3,5H,4H2,1H3,(H,11,12). The predicted molar refractivity (Wildman–Crippen MR) is 50.6 cm³/mol. The molecule has 0 spiro atoms. The second kappa shape index (κ2) is 3.26. The van der Waals surface area contributed by atoms with Crippen LogP contribution in [0.2, 0.25) is 0 Å². The molecule has 0 saturated heterocycles. The zero-order valence-corrected chi connectivity index (χ0v) is 7.93. The van der Waals surface area contributed by atoms with E-state index in [2.05, 4.69) is 9.97 Å². The van der Waals surface area contributed by atoms with Gasteiger partial charge in [-0.1, -0.05) is 0 Å². The lowest BCUT2D eigenvalue weighted by molar-refractivity contribution is 0.576. The van der Waals surface area contributed by atoms with E-state index in [1.54, 1.807) is 12.5 Å². The molecule has 3 nitrogen and oxygen atoms in total. The minimum absolute atomic E-state index is 0.437. The molecule has 0 unspecified atom stereocenters. The van der Waals surface area contributed by atoms with Crippen LogP contribution in [0.5, 0.6) is 0 Å². The monoisotopic (exact) mass is 196 g/mol. The molecular weight excluding hydrogens is 188 g/mol. The molecule has 4 heteroatoms. The van der Waals surface area contributed by atoms with Crippen molar-refractivity contribution in [2.24, 2.45) is 0 Å². The number of imidazole rings is 1. The number of alkyl halides is 1. The van der Waals surface area contributed by atoms with Crippen LogP contribution in [-0.4, -0.2) is 9.97 Å². The molecule has 0 aliphatic rings. The van der Waals surface area contributed by atoms with Crippen molar-refractivity contribution in [3.8, 4) is 11.6 Å². The van der Waals surface area contributed by atoms with Crippen molar-refractivity contribution in [3.63, 3.8) is 0 Å². The summed E-state index contributed by atoms with van der Waals surface area (Å²) in [4.78, 5) is 7.23. The predicted octanol–water partition coefficient (Wildman–Crippen LogP) is 2.72. The number of nitrogens with zero attached hydrogens (tertiary/aromatic N) is 1. The van der Waals surface area contributed by atoms with Gasteiger partial charge in [-0.05, 0) is 18.6 Å². The molecule has 0 fully saturated rings. The van der Waals surface area contributed by atoms with Gasteiger partial charge in [0, 0.05) is 6.20 Å². The molecule has 0 radical (unpaired) electrons. The topological polar surface area (TPSA) is 41.8 Å². The summed E-state index contributed by atoms with van der Waals surface area (Å²) in [7, 11) is 0. The number of hydrogen-bond acceptors (Lipinski definition) is 2. The Morgan fingerprint density at radius 3 is 3.00 bits per heavy atom. The maximum atomic E-state index is 5.64. The minimum Gasteiger partial charge on any atom is -0.461 e. The van der Waals surface area contributed by atoms with Crippen molar-refractivity contribution in [2.75, 3.05) is 0 Å². The third-order valence-corrected chi connectivity index (χ3v) is 2.14. The maximum absolute atomic E-state index is 5.64. The lowest BCUT2D eigenvalue weighted by Gasteiger charge is -1.91. The molecule has 2 heterocycles. The molecule has 13 heavy (non-hydrogen) atoms. The fourth-order valence-corrected chi connectivity index (χ4v) is 1.29. The second-order valence-corrected chi connectivity index (χ2v) is 3.09. The van der Waals surface area contributed by atoms with E-state index in [4.69, 9.17) is 16.0 Å². The lowest BCUT2D eigenvalue weighted by atomic mass is 10.3. The number of aryl methyl sites for hydroxylation is 1. The van der Waals surface area contributed by atoms with Crippen LogP contribution in [0.4, 0.5) is 0 Å². The molecule has 1 N–H and O–H groups in total. The SMILES string of the molecule is Cc1ccoc1-c1ncc(CCl)[nH]1. The number of hydrogen-bond donors (Lipinski definition) is 1. The first-order valence-corrected chi connectivity index (χ1v) is 4.49. The number of furan rings is 1. The normalized spacial score (nSPS) is 10.6. The lowest BCUT2D eigenvalue weighted by Crippen LogP contribution is -1.80. The van der Waals surface area contributed by atoms with Gasteiger partial charge < -0.3 is 9.40 Å². The number of H-pyrrole nitrogens is 1. The number of rotatable bonds is 2. The molecule has 0 aromatic carbocycles. The molecule has 2 aromatic heterocycles. The first-order valence-electron chi connectivity index (χ1n) is 3.95. The Bertz CT molecular complexity index is 405. The Morgan fingerprint density at radius 2 is 2.46 bits per heavy atom. The highest BCUT2D eigenvalue weighted by Gasteiger charge is 2.08. The van der Waals surface area contributed by atoms with Gasteiger partial charge in [-0.25, -0.2) is 4.98 Å². The van der Waals surface area contributed by atoms with Crippen LogP contribution in [0.15, 0.2) is 22.9 Å². The summed E-state index contributed by atoms with van der Waals surface area (Å²) in [5.74, 6) is 1.95. The Hall–Kier alpha value is -1.22. The number of aromatic nitrogens is 2. The fraction of sp³-hybridized carbons (Fsp3) is 0.222. The van der Waals surface area contributed by atoms with Crippen LogP contribution in [0.3, 0.4) is 0 Å². The van der Waals surface area contributed by atoms with Crippen LogP contribution in [0, 0.1) is 6.92 Å². The molecule has 0 atom stereocenters. The third kappa shape index (κ3) is 1.47. The highest BCUT2D eigenvalue weighted by molar-refractivity contribution is 6.16. The van der Waals surface area contributed by atoms with Crippen LogP contribution in [-0.2, 0) is 5.88 Å². The summed E-state index contributed by atoms with van der Waals surface area (Å²) >= 11 is 5.64. The summed E-state index contributed by atoms with van der Waals surface area (Å²) in [5.41, 5.74) is 1.96. The molecule has 0 amide bonds. The molecule has 68 valence electrons. The number of nitrogens with one attached hydrogen (secondary N) is 1. The highest BCUT2D eigenvalue weighted by atomic mass is 35.5. The summed E-state index contributed by atoms with van der Waals surface area (Å²) in [6, 6.07) is 1.90. The quantitative estimate of drug-likeness (QED) is 0.751. The van der Waals surface area contributed by atoms with E-state index in [0.717, 1.165) is 22.8 Å². The fourth-order valence-electron chi connectivity index (χ4n) is 1.16. The summed E-state index contributed by atoms with van der Waals surface area (Å²) in [6.45, 7) is 1.97. The molecule has 0 saturated carbocycles. The molecule has 0 bridgehead atoms. The van der Waals surface area contributed by atoms with Crippen molar-refractivity contribution in [1.29, 1.82) is 0 Å². The van der Waals surface area contributed by atoms with Crippen molar-refractivity contribution < 1.29 is 4.42 Å². The molecule has 2 rings (SSSR count). The van der Waals surface area contributed by atoms with Crippen molar-refractivity contribution in [1.82, 2.24) is 9.97 Å². The van der Waals surface area contributed by atoms with E-state index in [0.29, 0.717) is 5.88 Å². The smallest absolute Gasteiger partial charge is 0.174 e. The zero-order chi connectivity index (χ0) is 9.26. The van der Waals surface area contributed by atoms with Gasteiger partial charge in [0.1, 0.15) is 0 Å². The molecule has 2 aromatic rings. The van der Waals surface area contributed by atoms with Gasteiger partial charge in [0.2, 0.25) is 0 Å². The van der Waals surface area contributed by atoms with Gasteiger partial charge in [0.25, 0.3) is 0 Å². The van der Waals surface area contributed by atoms with E-state index in [9.17, 15) is 0 Å². The summed E-state index contributed by atoms with van der Waals surface area (Å²) in [6.07, 6.45) is 3.36. The van der Waals surface area contributed by atoms with Crippen LogP contribution < -0.4 is 0 Å². The summed E-state index contributed by atoms with van der Waals surface area (Å²) in [5, 5.41) is 0. The van der Waals surface area contributed by atoms with E-state index >= 15 is 0 Å². The van der Waals surface area contributed by atoms with Gasteiger partial charge in [-0.2, -0.15) is 0 Å². The Labute approximate surface area is 80.7 Å². The second-order valence-electron chi connectivity index (χ2n) is 2.82. The van der Waals surface area contributed by atoms with Gasteiger partial charge in [-0.3, -0.25) is 0 Å². The third-order valence-electron chi connectivity index (χ3n) is 1.85. The van der Waals surface area contributed by atoms with Gasteiger partial charge in [0.05, 0.1) is 17.8 Å². The van der Waals surface area contributed by atoms with E-state index in [1.165, 1.54) is 0 Å². The molecule has 0 aliphatic carbocycles. The van der Waals surface area contributed by atoms with Gasteiger partial charge in [-0.15, -0.1) is 11.6 Å². The average molecular weight is 197 g/mol. The Balaban J connectivity index is 2.41. The average Bonchev–Trinajstić information content (AvgIpc) is 2.71. The highest BCUT2D eigenvalue weighted by Crippen LogP contribution is 2.21. The van der Waals surface area contributed by atoms with Crippen LogP contribution >= 0.6 is 11.6 Å². The largest absolute Gasteiger partial charge is 0.461 e. The molecular formula is C9H9ClN2O. The van der Waals surface area contributed by atoms with Crippen LogP contribution in [0.1, 0.15) is 11.3 Å². The van der Waals surface area contributed by atoms with Gasteiger partial charge in [0.15, 0.2) is 11.6 Å². The zero-order valence-electron chi connectivity index (χ0n) is 7.17. The minimum atomic E-state index is 0.437. The van der Waals surface area contributed by atoms with Gasteiger partial charge >= 0.3 is 0 Å². The first-order chi connectivity index (χ1) is 6.31. The van der Waals surface area contributed by atoms with E-state index in [1.807, 2.05) is 13.0 Å². The Morgan fingerprint density at radius 1 is 1.62 bits per heavy atom. The van der Waals surface area contributed by atoms with E-state index < -0.39 is 0 Å². The first kappa shape index (κ1) is 8.38.